The van der Waals surface area contributed by atoms with Gasteiger partial charge < -0.3 is 14.4 Å². The highest BCUT2D eigenvalue weighted by atomic mass is 19.4. The van der Waals surface area contributed by atoms with E-state index in [1.807, 2.05) is 0 Å². The molecule has 1 heterocycles. The van der Waals surface area contributed by atoms with Crippen molar-refractivity contribution in [2.45, 2.75) is 12.7 Å². The third kappa shape index (κ3) is 2.46. The number of carbonyl (C=O) groups is 1. The van der Waals surface area contributed by atoms with Gasteiger partial charge in [0.05, 0.1) is 30.3 Å². The van der Waals surface area contributed by atoms with Crippen molar-refractivity contribution < 1.29 is 27.8 Å². The third-order valence-electron chi connectivity index (χ3n) is 2.75. The highest BCUT2D eigenvalue weighted by Crippen LogP contribution is 2.31. The van der Waals surface area contributed by atoms with Gasteiger partial charge in [-0.3, -0.25) is 0 Å². The minimum atomic E-state index is -4.64. The number of esters is 1. The first-order valence-corrected chi connectivity index (χ1v) is 5.65. The van der Waals surface area contributed by atoms with Crippen LogP contribution in [0.25, 0.3) is 11.0 Å². The summed E-state index contributed by atoms with van der Waals surface area (Å²) in [4.78, 5) is 14.9. The van der Waals surface area contributed by atoms with Gasteiger partial charge in [-0.25, -0.2) is 9.78 Å². The normalized spacial score (nSPS) is 11.8. The molecule has 0 aliphatic carbocycles. The summed E-state index contributed by atoms with van der Waals surface area (Å²) < 4.78 is 44.0. The van der Waals surface area contributed by atoms with E-state index in [0.29, 0.717) is 0 Å². The predicted molar refractivity (Wildman–Crippen MR) is 63.2 cm³/mol. The van der Waals surface area contributed by atoms with Crippen LogP contribution in [-0.4, -0.2) is 34.3 Å². The van der Waals surface area contributed by atoms with Crippen LogP contribution in [0.5, 0.6) is 0 Å². The van der Waals surface area contributed by atoms with Crippen molar-refractivity contribution in [3.05, 3.63) is 29.6 Å². The largest absolute Gasteiger partial charge is 0.465 e. The molecule has 5 nitrogen and oxygen atoms in total. The van der Waals surface area contributed by atoms with Crippen molar-refractivity contribution in [2.75, 3.05) is 13.7 Å². The Labute approximate surface area is 111 Å². The number of aliphatic hydroxyl groups excluding tert-OH is 1. The maximum absolute atomic E-state index is 12.9. The summed E-state index contributed by atoms with van der Waals surface area (Å²) in [5.74, 6) is -1.76. The second kappa shape index (κ2) is 5.12. The van der Waals surface area contributed by atoms with E-state index in [1.165, 1.54) is 25.3 Å². The number of carbonyl (C=O) groups excluding carboxylic acids is 1. The highest BCUT2D eigenvalue weighted by Gasteiger charge is 2.37. The molecule has 0 amide bonds. The number of alkyl halides is 3. The second-order valence-electron chi connectivity index (χ2n) is 4.00. The van der Waals surface area contributed by atoms with Crippen LogP contribution >= 0.6 is 0 Å². The van der Waals surface area contributed by atoms with Crippen molar-refractivity contribution in [1.29, 1.82) is 0 Å². The second-order valence-corrected chi connectivity index (χ2v) is 4.00. The van der Waals surface area contributed by atoms with Crippen LogP contribution in [0.1, 0.15) is 16.2 Å². The lowest BCUT2D eigenvalue weighted by molar-refractivity contribution is -0.147. The molecule has 8 heteroatoms. The van der Waals surface area contributed by atoms with Crippen LogP contribution in [0, 0.1) is 0 Å². The Morgan fingerprint density at radius 1 is 1.45 bits per heavy atom. The number of aliphatic hydroxyl groups is 1. The number of aromatic nitrogens is 2. The van der Waals surface area contributed by atoms with Gasteiger partial charge in [0.25, 0.3) is 0 Å². The van der Waals surface area contributed by atoms with Gasteiger partial charge in [-0.1, -0.05) is 0 Å². The van der Waals surface area contributed by atoms with Crippen molar-refractivity contribution in [2.24, 2.45) is 0 Å². The molecule has 0 unspecified atom stereocenters. The monoisotopic (exact) mass is 288 g/mol. The van der Waals surface area contributed by atoms with Gasteiger partial charge in [0.2, 0.25) is 5.82 Å². The van der Waals surface area contributed by atoms with E-state index >= 15 is 0 Å². The molecule has 2 aromatic rings. The molecular weight excluding hydrogens is 277 g/mol. The highest BCUT2D eigenvalue weighted by molar-refractivity contribution is 5.93. The zero-order valence-electron chi connectivity index (χ0n) is 10.4. The zero-order chi connectivity index (χ0) is 14.9. The standard InChI is InChI=1S/C12H11F3N2O3/c1-20-10(19)7-2-3-8-9(6-7)17(4-5-18)11(16-8)12(13,14)15/h2-3,6,18H,4-5H2,1H3. The maximum atomic E-state index is 12.9. The molecule has 0 saturated carbocycles. The van der Waals surface area contributed by atoms with Crippen LogP contribution in [0.2, 0.25) is 0 Å². The molecule has 2 rings (SSSR count). The molecule has 0 spiro atoms. The van der Waals surface area contributed by atoms with Gasteiger partial charge in [-0.15, -0.1) is 0 Å². The molecule has 0 aliphatic heterocycles. The third-order valence-corrected chi connectivity index (χ3v) is 2.75. The Bertz CT molecular complexity index is 649. The lowest BCUT2D eigenvalue weighted by Gasteiger charge is -2.09. The van der Waals surface area contributed by atoms with E-state index in [4.69, 9.17) is 5.11 Å². The number of hydrogen-bond acceptors (Lipinski definition) is 4. The summed E-state index contributed by atoms with van der Waals surface area (Å²) >= 11 is 0. The van der Waals surface area contributed by atoms with E-state index in [-0.39, 0.29) is 23.1 Å². The van der Waals surface area contributed by atoms with Crippen LogP contribution in [0.4, 0.5) is 13.2 Å². The van der Waals surface area contributed by atoms with Crippen LogP contribution in [0.3, 0.4) is 0 Å². The number of fused-ring (bicyclic) bond motifs is 1. The summed E-state index contributed by atoms with van der Waals surface area (Å²) in [5, 5.41) is 8.90. The van der Waals surface area contributed by atoms with Gasteiger partial charge in [-0.2, -0.15) is 13.2 Å². The number of methoxy groups -OCH3 is 1. The van der Waals surface area contributed by atoms with E-state index in [2.05, 4.69) is 9.72 Å². The van der Waals surface area contributed by atoms with Crippen molar-refractivity contribution in [3.63, 3.8) is 0 Å². The number of nitrogens with zero attached hydrogens (tertiary/aromatic N) is 2. The van der Waals surface area contributed by atoms with Gasteiger partial charge in [0, 0.05) is 6.54 Å². The molecule has 0 radical (unpaired) electrons. The van der Waals surface area contributed by atoms with E-state index < -0.39 is 24.6 Å². The average Bonchev–Trinajstić information content (AvgIpc) is 2.76. The smallest absolute Gasteiger partial charge is 0.449 e. The Morgan fingerprint density at radius 3 is 2.70 bits per heavy atom. The maximum Gasteiger partial charge on any atom is 0.449 e. The fourth-order valence-electron chi connectivity index (χ4n) is 1.91. The topological polar surface area (TPSA) is 64.3 Å². The fraction of sp³-hybridized carbons (Fsp3) is 0.333. The number of halogens is 3. The minimum Gasteiger partial charge on any atom is -0.465 e. The Balaban J connectivity index is 2.67. The fourth-order valence-corrected chi connectivity index (χ4v) is 1.91. The number of hydrogen-bond donors (Lipinski definition) is 1. The minimum absolute atomic E-state index is 0.0958. The van der Waals surface area contributed by atoms with Gasteiger partial charge >= 0.3 is 12.1 Å². The molecule has 20 heavy (non-hydrogen) atoms. The van der Waals surface area contributed by atoms with Crippen LogP contribution in [-0.2, 0) is 17.5 Å². The molecule has 0 bridgehead atoms. The molecule has 1 aromatic heterocycles. The SMILES string of the molecule is COC(=O)c1ccc2nc(C(F)(F)F)n(CCO)c2c1. The molecule has 1 N–H and O–H groups in total. The Kier molecular flexibility index (Phi) is 3.67. The first-order valence-electron chi connectivity index (χ1n) is 5.65. The van der Waals surface area contributed by atoms with E-state index in [9.17, 15) is 18.0 Å². The van der Waals surface area contributed by atoms with Crippen LogP contribution < -0.4 is 0 Å². The quantitative estimate of drug-likeness (QED) is 0.875. The molecule has 0 fully saturated rings. The summed E-state index contributed by atoms with van der Waals surface area (Å²) in [7, 11) is 1.18. The van der Waals surface area contributed by atoms with Gasteiger partial charge in [0.1, 0.15) is 0 Å². The summed E-state index contributed by atoms with van der Waals surface area (Å²) in [5.41, 5.74) is 0.334. The lowest BCUT2D eigenvalue weighted by Crippen LogP contribution is -2.16. The predicted octanol–water partition coefficient (Wildman–Crippen LogP) is 1.83. The van der Waals surface area contributed by atoms with Gasteiger partial charge in [0.15, 0.2) is 0 Å². The average molecular weight is 288 g/mol. The van der Waals surface area contributed by atoms with E-state index in [1.54, 1.807) is 0 Å². The van der Waals surface area contributed by atoms with E-state index in [0.717, 1.165) is 4.57 Å². The first-order chi connectivity index (χ1) is 9.38. The number of rotatable bonds is 3. The van der Waals surface area contributed by atoms with Crippen molar-refractivity contribution >= 4 is 17.0 Å². The first kappa shape index (κ1) is 14.3. The molecule has 108 valence electrons. The number of imidazole rings is 1. The Hall–Kier alpha value is -2.09. The number of benzene rings is 1. The lowest BCUT2D eigenvalue weighted by atomic mass is 10.2. The zero-order valence-corrected chi connectivity index (χ0v) is 10.4. The summed E-state index contributed by atoms with van der Waals surface area (Å²) in [6, 6.07) is 3.91. The molecule has 0 saturated heterocycles. The molecule has 0 atom stereocenters. The molecular formula is C12H11F3N2O3. The Morgan fingerprint density at radius 2 is 2.15 bits per heavy atom. The summed E-state index contributed by atoms with van der Waals surface area (Å²) in [6.07, 6.45) is -4.64. The van der Waals surface area contributed by atoms with Crippen LogP contribution in [0.15, 0.2) is 18.2 Å². The molecule has 0 aliphatic rings. The van der Waals surface area contributed by atoms with Gasteiger partial charge in [-0.05, 0) is 18.2 Å². The van der Waals surface area contributed by atoms with Crippen molar-refractivity contribution in [1.82, 2.24) is 9.55 Å². The molecule has 1 aromatic carbocycles. The van der Waals surface area contributed by atoms with Crippen molar-refractivity contribution in [3.8, 4) is 0 Å². The number of ether oxygens (including phenoxy) is 1. The summed E-state index contributed by atoms with van der Waals surface area (Å²) in [6.45, 7) is -0.743.